The van der Waals surface area contributed by atoms with Gasteiger partial charge in [-0.15, -0.1) is 0 Å². The summed E-state index contributed by atoms with van der Waals surface area (Å²) in [7, 11) is 1.68. The van der Waals surface area contributed by atoms with Crippen molar-refractivity contribution >= 4 is 97.1 Å². The van der Waals surface area contributed by atoms with Crippen LogP contribution in [0.1, 0.15) is 66.8 Å². The summed E-state index contributed by atoms with van der Waals surface area (Å²) in [5.41, 5.74) is 11.6. The molecule has 0 spiro atoms. The quantitative estimate of drug-likeness (QED) is 0.149. The molecule has 13 heteroatoms. The summed E-state index contributed by atoms with van der Waals surface area (Å²) < 4.78 is 54.5. The second-order valence-corrected chi connectivity index (χ2v) is 21.7. The van der Waals surface area contributed by atoms with E-state index in [1.807, 2.05) is 107 Å². The van der Waals surface area contributed by atoms with Crippen molar-refractivity contribution in [2.45, 2.75) is 82.3 Å². The molecule has 0 N–H and O–H groups in total. The van der Waals surface area contributed by atoms with Gasteiger partial charge in [-0.2, -0.15) is 13.2 Å². The molecule has 80 heavy (non-hydrogen) atoms. The van der Waals surface area contributed by atoms with Gasteiger partial charge in [0.2, 0.25) is 0 Å². The first-order valence-corrected chi connectivity index (χ1v) is 28.1. The zero-order valence-electron chi connectivity index (χ0n) is 46.9. The van der Waals surface area contributed by atoms with Crippen LogP contribution in [0.5, 0.6) is 5.75 Å². The minimum absolute atomic E-state index is 0.248. The maximum atomic E-state index is 12.5. The third-order valence-corrected chi connectivity index (χ3v) is 13.9. The molecule has 0 saturated carbocycles. The van der Waals surface area contributed by atoms with Crippen LogP contribution < -0.4 is 4.74 Å². The highest BCUT2D eigenvalue weighted by Gasteiger charge is 2.29. The number of alkyl halides is 3. The minimum atomic E-state index is -4.22. The molecule has 0 aliphatic heterocycles. The summed E-state index contributed by atoms with van der Waals surface area (Å²) in [6.07, 6.45) is -4.22. The van der Waals surface area contributed by atoms with Crippen molar-refractivity contribution < 1.29 is 22.3 Å². The van der Waals surface area contributed by atoms with Crippen molar-refractivity contribution in [1.82, 2.24) is 0 Å². The highest BCUT2D eigenvalue weighted by atomic mass is 79.9. The molecule has 0 aromatic heterocycles. The van der Waals surface area contributed by atoms with Gasteiger partial charge < -0.3 is 4.74 Å². The Bertz CT molecular complexity index is 3000. The Morgan fingerprint density at radius 1 is 0.350 bits per heavy atom. The van der Waals surface area contributed by atoms with Gasteiger partial charge in [0.15, 0.2) is 0 Å². The highest BCUT2D eigenvalue weighted by molar-refractivity contribution is 9.10. The molecule has 0 radical (unpaired) electrons. The average Bonchev–Trinajstić information content (AvgIpc) is 3.39. The van der Waals surface area contributed by atoms with Gasteiger partial charge in [-0.25, -0.2) is 4.39 Å². The Hall–Kier alpha value is -4.99. The van der Waals surface area contributed by atoms with E-state index in [9.17, 15) is 17.6 Å². The maximum absolute atomic E-state index is 12.5. The fourth-order valence-corrected chi connectivity index (χ4v) is 7.80. The lowest BCUT2D eigenvalue weighted by molar-refractivity contribution is -0.137. The molecule has 0 aliphatic rings. The van der Waals surface area contributed by atoms with Crippen molar-refractivity contribution in [3.8, 4) is 5.75 Å². The second-order valence-electron chi connectivity index (χ2n) is 17.9. The van der Waals surface area contributed by atoms with Crippen LogP contribution in [0.25, 0.3) is 0 Å². The molecule has 9 rings (SSSR count). The third kappa shape index (κ3) is 32.5. The first-order valence-electron chi connectivity index (χ1n) is 24.7. The number of ether oxygens (including phenoxy) is 1. The molecule has 0 aliphatic carbocycles. The van der Waals surface area contributed by atoms with Gasteiger partial charge >= 0.3 is 6.18 Å². The molecule has 0 amide bonds. The zero-order valence-corrected chi connectivity index (χ0v) is 53.8. The summed E-state index contributed by atoms with van der Waals surface area (Å²) >= 11 is 43.1. The fraction of sp³-hybridized carbons (Fsp3) is 0.194. The van der Waals surface area contributed by atoms with E-state index < -0.39 is 11.7 Å². The number of hydrogen-bond donors (Lipinski definition) is 0. The lowest BCUT2D eigenvalue weighted by atomic mass is 10.1. The number of methoxy groups -OCH3 is 1. The van der Waals surface area contributed by atoms with E-state index in [0.29, 0.717) is 31.2 Å². The van der Waals surface area contributed by atoms with Crippen LogP contribution >= 0.6 is 97.1 Å². The lowest BCUT2D eigenvalue weighted by Crippen LogP contribution is -2.04. The smallest absolute Gasteiger partial charge is 0.416 e. The van der Waals surface area contributed by atoms with E-state index in [2.05, 4.69) is 111 Å². The van der Waals surface area contributed by atoms with Crippen LogP contribution in [0.15, 0.2) is 199 Å². The molecule has 0 saturated heterocycles. The van der Waals surface area contributed by atoms with Crippen LogP contribution in [0.2, 0.25) is 35.2 Å². The van der Waals surface area contributed by atoms with Gasteiger partial charge in [0.05, 0.1) is 22.7 Å². The second kappa shape index (κ2) is 39.4. The number of hydrogen-bond acceptors (Lipinski definition) is 1. The molecular weight excluding hydrogens is 1220 g/mol. The van der Waals surface area contributed by atoms with E-state index in [1.54, 1.807) is 51.3 Å². The Morgan fingerprint density at radius 3 is 1.11 bits per heavy atom. The van der Waals surface area contributed by atoms with Crippen LogP contribution in [0, 0.1) is 82.0 Å². The number of aryl methyl sites for hydroxylation is 9. The summed E-state index contributed by atoms with van der Waals surface area (Å²) in [5, 5.41) is 4.58. The first-order chi connectivity index (χ1) is 37.5. The van der Waals surface area contributed by atoms with E-state index in [-0.39, 0.29) is 5.82 Å². The lowest BCUT2D eigenvalue weighted by Gasteiger charge is -2.05. The number of halogens is 12. The largest absolute Gasteiger partial charge is 0.497 e. The topological polar surface area (TPSA) is 9.23 Å². The molecule has 426 valence electrons. The van der Waals surface area contributed by atoms with Crippen LogP contribution in [0.4, 0.5) is 17.6 Å². The summed E-state index contributed by atoms with van der Waals surface area (Å²) in [5.74, 6) is 0.678. The third-order valence-electron chi connectivity index (χ3n) is 10.8. The van der Waals surface area contributed by atoms with Crippen molar-refractivity contribution in [1.29, 1.82) is 0 Å². The predicted molar refractivity (Wildman–Crippen MR) is 344 cm³/mol. The fourth-order valence-electron chi connectivity index (χ4n) is 5.97. The summed E-state index contributed by atoms with van der Waals surface area (Å²) in [6.45, 7) is 21.7. The Labute approximate surface area is 516 Å². The van der Waals surface area contributed by atoms with E-state index in [4.69, 9.17) is 85.9 Å². The molecule has 1 nitrogen and oxygen atoms in total. The summed E-state index contributed by atoms with van der Waals surface area (Å²) in [6, 6.07) is 59.3. The highest BCUT2D eigenvalue weighted by Crippen LogP contribution is 2.29. The van der Waals surface area contributed by atoms with Crippen molar-refractivity contribution in [2.75, 3.05) is 7.11 Å². The SMILES string of the molecule is COc1cccc(C)c1.Cc1c(Cl)cccc1Cl.Cc1c(F)cccc1Cl.Cc1ccc(Cl)c(Cl)c1.Cc1ccc(Cl)cc1Cl.Cc1cccc(Br)c1.Cc1cccc(C(F)(F)F)c1.Cc1cccc(C)c1.Cc1ccccc1C. The van der Waals surface area contributed by atoms with E-state index >= 15 is 0 Å². The van der Waals surface area contributed by atoms with Gasteiger partial charge in [0.25, 0.3) is 0 Å². The maximum Gasteiger partial charge on any atom is 0.416 e. The molecular formula is C67H68BrCl7F4O. The van der Waals surface area contributed by atoms with Gasteiger partial charge in [0, 0.05) is 35.1 Å². The zero-order chi connectivity index (χ0) is 60.5. The van der Waals surface area contributed by atoms with Crippen molar-refractivity contribution in [3.05, 3.63) is 306 Å². The van der Waals surface area contributed by atoms with E-state index in [0.717, 1.165) is 54.1 Å². The van der Waals surface area contributed by atoms with Gasteiger partial charge in [0.1, 0.15) is 11.6 Å². The van der Waals surface area contributed by atoms with Crippen LogP contribution in [-0.4, -0.2) is 7.11 Å². The monoisotopic (exact) mass is 1290 g/mol. The number of rotatable bonds is 1. The molecule has 9 aromatic carbocycles. The van der Waals surface area contributed by atoms with E-state index in [1.165, 1.54) is 45.5 Å². The normalized spacial score (nSPS) is 9.75. The van der Waals surface area contributed by atoms with Gasteiger partial charge in [-0.05, 0) is 188 Å². The predicted octanol–water partition coefficient (Wildman–Crippen LogP) is 25.1. The molecule has 9 aromatic rings. The van der Waals surface area contributed by atoms with Gasteiger partial charge in [-0.1, -0.05) is 235 Å². The first kappa shape index (κ1) is 73.0. The standard InChI is InChI=1S/C8H7F3.C8H10O.2C8H10.C7H7Br.3C7H6Cl2.C7H6ClF/c1-6-3-2-4-7(5-6)8(9,10)11;1-7-4-3-5-8(6-7)9-2;1-7-4-3-5-8(2)6-7;1-7-5-3-4-6-8(7)2;1-6-3-2-4-7(8)5-6;1-5-2-3-6(8)4-7(5)9;1-5-2-3-6(8)7(9)4-5;2*1-5-6(8)3-2-4-7(5)9/h2-5H,1H3;3-6H,1-2H3;2*3-6H,1-2H3;2-5H,1H3;4*2-4H,1H3. The minimum Gasteiger partial charge on any atom is -0.497 e. The Kier molecular flexibility index (Phi) is 36.0. The molecule has 0 bridgehead atoms. The average molecular weight is 1290 g/mol. The molecule has 0 unspecified atom stereocenters. The Morgan fingerprint density at radius 2 is 0.787 bits per heavy atom. The van der Waals surface area contributed by atoms with Crippen LogP contribution in [-0.2, 0) is 6.18 Å². The summed E-state index contributed by atoms with van der Waals surface area (Å²) in [4.78, 5) is 0. The Balaban J connectivity index is 0.000000451. The molecule has 0 atom stereocenters. The molecule has 0 heterocycles. The van der Waals surface area contributed by atoms with Crippen molar-refractivity contribution in [3.63, 3.8) is 0 Å². The van der Waals surface area contributed by atoms with Crippen molar-refractivity contribution in [2.24, 2.45) is 0 Å². The van der Waals surface area contributed by atoms with Gasteiger partial charge in [-0.3, -0.25) is 0 Å². The molecule has 0 fully saturated rings. The number of benzene rings is 9. The van der Waals surface area contributed by atoms with Crippen LogP contribution in [0.3, 0.4) is 0 Å².